The molecule has 0 aliphatic rings. The predicted molar refractivity (Wildman–Crippen MR) is 98.1 cm³/mol. The van der Waals surface area contributed by atoms with E-state index < -0.39 is 0 Å². The molecule has 0 N–H and O–H groups in total. The lowest BCUT2D eigenvalue weighted by molar-refractivity contribution is 0.727. The molecule has 4 aromatic rings. The molecule has 3 aromatic heterocycles. The molecule has 1 atom stereocenters. The van der Waals surface area contributed by atoms with E-state index in [1.54, 1.807) is 10.7 Å². The Labute approximate surface area is 146 Å². The van der Waals surface area contributed by atoms with Gasteiger partial charge in [0.2, 0.25) is 0 Å². The number of rotatable bonds is 4. The van der Waals surface area contributed by atoms with Gasteiger partial charge in [-0.1, -0.05) is 30.3 Å². The highest BCUT2D eigenvalue weighted by atomic mass is 15.3. The minimum absolute atomic E-state index is 0.217. The molecule has 0 bridgehead atoms. The number of aryl methyl sites for hydroxylation is 1. The minimum Gasteiger partial charge on any atom is -0.353 e. The van der Waals surface area contributed by atoms with E-state index in [4.69, 9.17) is 4.98 Å². The van der Waals surface area contributed by atoms with Crippen molar-refractivity contribution in [1.29, 1.82) is 0 Å². The molecular formula is C19H20N6. The third-order valence-corrected chi connectivity index (χ3v) is 4.52. The Kier molecular flexibility index (Phi) is 3.72. The molecule has 4 rings (SSSR count). The fourth-order valence-electron chi connectivity index (χ4n) is 2.90. The molecule has 3 heterocycles. The molecule has 25 heavy (non-hydrogen) atoms. The number of anilines is 1. The maximum absolute atomic E-state index is 4.83. The second-order valence-corrected chi connectivity index (χ2v) is 6.24. The molecule has 0 fully saturated rings. The molecule has 0 saturated heterocycles. The van der Waals surface area contributed by atoms with E-state index >= 15 is 0 Å². The van der Waals surface area contributed by atoms with Crippen LogP contribution in [-0.4, -0.2) is 31.4 Å². The smallest absolute Gasteiger partial charge is 0.183 e. The summed E-state index contributed by atoms with van der Waals surface area (Å²) < 4.78 is 3.59. The van der Waals surface area contributed by atoms with Crippen molar-refractivity contribution in [2.75, 3.05) is 11.9 Å². The third-order valence-electron chi connectivity index (χ3n) is 4.52. The SMILES string of the molecule is Cc1cnn(-c2cnn3ccc(N(C)[C@H](C)c4ccccc4)nc23)c1. The summed E-state index contributed by atoms with van der Waals surface area (Å²) in [6.45, 7) is 4.19. The molecule has 6 heteroatoms. The van der Waals surface area contributed by atoms with Gasteiger partial charge in [-0.2, -0.15) is 10.2 Å². The van der Waals surface area contributed by atoms with E-state index in [0.717, 1.165) is 22.7 Å². The summed E-state index contributed by atoms with van der Waals surface area (Å²) in [5, 5.41) is 8.76. The Morgan fingerprint density at radius 1 is 1.04 bits per heavy atom. The first-order valence-corrected chi connectivity index (χ1v) is 8.27. The van der Waals surface area contributed by atoms with Crippen molar-refractivity contribution >= 4 is 11.5 Å². The average molecular weight is 332 g/mol. The second kappa shape index (κ2) is 6.05. The zero-order valence-electron chi connectivity index (χ0n) is 14.5. The van der Waals surface area contributed by atoms with Crippen LogP contribution in [0.4, 0.5) is 5.82 Å². The highest BCUT2D eigenvalue weighted by molar-refractivity contribution is 5.61. The van der Waals surface area contributed by atoms with E-state index in [1.165, 1.54) is 5.56 Å². The van der Waals surface area contributed by atoms with Crippen LogP contribution in [0, 0.1) is 6.92 Å². The van der Waals surface area contributed by atoms with E-state index in [-0.39, 0.29) is 6.04 Å². The monoisotopic (exact) mass is 332 g/mol. The van der Waals surface area contributed by atoms with Crippen LogP contribution in [0.1, 0.15) is 24.1 Å². The highest BCUT2D eigenvalue weighted by Gasteiger charge is 2.16. The van der Waals surface area contributed by atoms with Crippen LogP contribution in [0.25, 0.3) is 11.3 Å². The lowest BCUT2D eigenvalue weighted by atomic mass is 10.1. The Morgan fingerprint density at radius 3 is 2.56 bits per heavy atom. The molecule has 126 valence electrons. The lowest BCUT2D eigenvalue weighted by Crippen LogP contribution is -2.22. The van der Waals surface area contributed by atoms with Gasteiger partial charge in [0, 0.05) is 19.4 Å². The largest absolute Gasteiger partial charge is 0.353 e. The summed E-state index contributed by atoms with van der Waals surface area (Å²) in [7, 11) is 2.06. The van der Waals surface area contributed by atoms with Crippen molar-refractivity contribution < 1.29 is 0 Å². The van der Waals surface area contributed by atoms with Crippen LogP contribution in [0.5, 0.6) is 0 Å². The molecule has 1 aromatic carbocycles. The quantitative estimate of drug-likeness (QED) is 0.574. The summed E-state index contributed by atoms with van der Waals surface area (Å²) in [6, 6.07) is 12.6. The molecule has 0 aliphatic carbocycles. The van der Waals surface area contributed by atoms with Gasteiger partial charge in [0.25, 0.3) is 0 Å². The van der Waals surface area contributed by atoms with Crippen LogP contribution in [0.15, 0.2) is 61.2 Å². The third kappa shape index (κ3) is 2.76. The van der Waals surface area contributed by atoms with Crippen LogP contribution < -0.4 is 4.90 Å². The predicted octanol–water partition coefficient (Wildman–Crippen LogP) is 3.42. The van der Waals surface area contributed by atoms with Crippen molar-refractivity contribution in [3.05, 3.63) is 72.3 Å². The Morgan fingerprint density at radius 2 is 1.84 bits per heavy atom. The van der Waals surface area contributed by atoms with Crippen molar-refractivity contribution in [2.45, 2.75) is 19.9 Å². The van der Waals surface area contributed by atoms with Crippen LogP contribution >= 0.6 is 0 Å². The summed E-state index contributed by atoms with van der Waals surface area (Å²) in [5.74, 6) is 0.898. The van der Waals surface area contributed by atoms with Crippen molar-refractivity contribution in [2.24, 2.45) is 0 Å². The van der Waals surface area contributed by atoms with Crippen LogP contribution in [0.3, 0.4) is 0 Å². The normalized spacial score (nSPS) is 12.4. The van der Waals surface area contributed by atoms with Gasteiger partial charge in [0.1, 0.15) is 11.5 Å². The first-order chi connectivity index (χ1) is 12.1. The van der Waals surface area contributed by atoms with E-state index in [0.29, 0.717) is 0 Å². The maximum Gasteiger partial charge on any atom is 0.183 e. The van der Waals surface area contributed by atoms with Crippen LogP contribution in [0.2, 0.25) is 0 Å². The van der Waals surface area contributed by atoms with Gasteiger partial charge in [-0.25, -0.2) is 14.2 Å². The first-order valence-electron chi connectivity index (χ1n) is 8.27. The highest BCUT2D eigenvalue weighted by Crippen LogP contribution is 2.25. The van der Waals surface area contributed by atoms with Gasteiger partial charge in [0.05, 0.1) is 18.4 Å². The van der Waals surface area contributed by atoms with E-state index in [1.807, 2.05) is 42.3 Å². The standard InChI is InChI=1S/C19H20N6/c1-14-11-20-25(13-14)17-12-21-24-10-9-18(22-19(17)24)23(3)15(2)16-7-5-4-6-8-16/h4-13,15H,1-3H3/t15-/m1/s1. The molecule has 0 saturated carbocycles. The first kappa shape index (κ1) is 15.4. The molecule has 0 radical (unpaired) electrons. The Bertz CT molecular complexity index is 1000. The second-order valence-electron chi connectivity index (χ2n) is 6.24. The number of aromatic nitrogens is 5. The van der Waals surface area contributed by atoms with E-state index in [2.05, 4.69) is 53.3 Å². The summed E-state index contributed by atoms with van der Waals surface area (Å²) in [5.41, 5.74) is 4.01. The Hall–Kier alpha value is -3.15. The average Bonchev–Trinajstić information content (AvgIpc) is 3.26. The van der Waals surface area contributed by atoms with Gasteiger partial charge < -0.3 is 4.90 Å². The van der Waals surface area contributed by atoms with Gasteiger partial charge in [-0.3, -0.25) is 0 Å². The zero-order valence-corrected chi connectivity index (χ0v) is 14.5. The van der Waals surface area contributed by atoms with E-state index in [9.17, 15) is 0 Å². The molecule has 0 unspecified atom stereocenters. The van der Waals surface area contributed by atoms with Crippen LogP contribution in [-0.2, 0) is 0 Å². The molecule has 6 nitrogen and oxygen atoms in total. The summed E-state index contributed by atoms with van der Waals surface area (Å²) in [6.07, 6.45) is 7.53. The van der Waals surface area contributed by atoms with Crippen molar-refractivity contribution in [3.63, 3.8) is 0 Å². The summed E-state index contributed by atoms with van der Waals surface area (Å²) >= 11 is 0. The Balaban J connectivity index is 1.73. The molecule has 0 aliphatic heterocycles. The lowest BCUT2D eigenvalue weighted by Gasteiger charge is -2.26. The number of benzene rings is 1. The number of fused-ring (bicyclic) bond motifs is 1. The molecular weight excluding hydrogens is 312 g/mol. The van der Waals surface area contributed by atoms with Crippen molar-refractivity contribution in [1.82, 2.24) is 24.4 Å². The maximum atomic E-state index is 4.83. The van der Waals surface area contributed by atoms with Gasteiger partial charge >= 0.3 is 0 Å². The van der Waals surface area contributed by atoms with Crippen molar-refractivity contribution in [3.8, 4) is 5.69 Å². The molecule has 0 spiro atoms. The fourth-order valence-corrected chi connectivity index (χ4v) is 2.90. The zero-order chi connectivity index (χ0) is 17.4. The number of hydrogen-bond acceptors (Lipinski definition) is 4. The minimum atomic E-state index is 0.217. The number of hydrogen-bond donors (Lipinski definition) is 0. The van der Waals surface area contributed by atoms with Gasteiger partial charge in [-0.15, -0.1) is 0 Å². The van der Waals surface area contributed by atoms with Gasteiger partial charge in [-0.05, 0) is 31.0 Å². The number of nitrogens with zero attached hydrogens (tertiary/aromatic N) is 6. The molecule has 0 amide bonds. The summed E-state index contributed by atoms with van der Waals surface area (Å²) in [4.78, 5) is 7.00. The fraction of sp³-hybridized carbons (Fsp3) is 0.211. The topological polar surface area (TPSA) is 51.3 Å². The van der Waals surface area contributed by atoms with Gasteiger partial charge in [0.15, 0.2) is 5.65 Å².